The highest BCUT2D eigenvalue weighted by Crippen LogP contribution is 2.21. The van der Waals surface area contributed by atoms with Gasteiger partial charge in [0.1, 0.15) is 39.2 Å². The average molecular weight is 577 g/mol. The van der Waals surface area contributed by atoms with Crippen molar-refractivity contribution in [3.05, 3.63) is 58.1 Å². The Morgan fingerprint density at radius 2 is 2.00 bits per heavy atom. The number of thiazole rings is 1. The SMILES string of the molecule is CSC1=NC(C)(C)C(=O)N[C@@H](Cc2ccc(O)cc2)C(=O)O[C@H](/C=C/CCS)CC(=O)NCc2nc1cs2. The second kappa shape index (κ2) is 13.8. The van der Waals surface area contributed by atoms with Crippen LogP contribution in [0.25, 0.3) is 0 Å². The minimum absolute atomic E-state index is 0.0871. The number of fused-ring (bicyclic) bond motifs is 2. The fraction of sp³-hybridized carbons (Fsp3) is 0.423. The first-order chi connectivity index (χ1) is 18.1. The van der Waals surface area contributed by atoms with Crippen LogP contribution in [0.1, 0.15) is 43.0 Å². The molecule has 2 bridgehead atoms. The zero-order valence-electron chi connectivity index (χ0n) is 21.5. The van der Waals surface area contributed by atoms with Gasteiger partial charge in [0.15, 0.2) is 0 Å². The Hall–Kier alpha value is -2.83. The lowest BCUT2D eigenvalue weighted by Crippen LogP contribution is -2.51. The number of esters is 1. The number of aromatic nitrogens is 1. The molecule has 1 aliphatic heterocycles. The number of benzene rings is 1. The molecule has 0 fully saturated rings. The molecule has 2 aromatic rings. The van der Waals surface area contributed by atoms with Crippen LogP contribution < -0.4 is 10.6 Å². The first-order valence-corrected chi connectivity index (χ1v) is 14.8. The third-order valence-electron chi connectivity index (χ3n) is 5.60. The largest absolute Gasteiger partial charge is 0.508 e. The van der Waals surface area contributed by atoms with Crippen LogP contribution in [-0.2, 0) is 32.1 Å². The molecule has 12 heteroatoms. The van der Waals surface area contributed by atoms with Crippen molar-refractivity contribution in [3.63, 3.8) is 0 Å². The lowest BCUT2D eigenvalue weighted by atomic mass is 10.0. The molecule has 1 aliphatic rings. The summed E-state index contributed by atoms with van der Waals surface area (Å²) in [7, 11) is 0. The van der Waals surface area contributed by atoms with Gasteiger partial charge in [0.2, 0.25) is 11.8 Å². The van der Waals surface area contributed by atoms with Crippen LogP contribution in [0.3, 0.4) is 0 Å². The highest BCUT2D eigenvalue weighted by Gasteiger charge is 2.34. The molecule has 38 heavy (non-hydrogen) atoms. The summed E-state index contributed by atoms with van der Waals surface area (Å²) in [4.78, 5) is 48.7. The molecule has 0 saturated carbocycles. The van der Waals surface area contributed by atoms with Gasteiger partial charge in [0.25, 0.3) is 0 Å². The highest BCUT2D eigenvalue weighted by atomic mass is 32.2. The number of cyclic esters (lactones) is 1. The molecule has 0 spiro atoms. The van der Waals surface area contributed by atoms with Gasteiger partial charge in [-0.05, 0) is 56.0 Å². The summed E-state index contributed by atoms with van der Waals surface area (Å²) in [5, 5.41) is 18.4. The van der Waals surface area contributed by atoms with Crippen molar-refractivity contribution in [2.45, 2.75) is 57.3 Å². The number of allylic oxidation sites excluding steroid dienone is 1. The number of aromatic hydroxyl groups is 1. The zero-order chi connectivity index (χ0) is 27.7. The fourth-order valence-electron chi connectivity index (χ4n) is 3.53. The van der Waals surface area contributed by atoms with Crippen LogP contribution in [0, 0.1) is 0 Å². The number of thioether (sulfide) groups is 1. The Balaban J connectivity index is 1.99. The smallest absolute Gasteiger partial charge is 0.329 e. The lowest BCUT2D eigenvalue weighted by molar-refractivity contribution is -0.152. The molecule has 0 saturated heterocycles. The number of carbonyl (C=O) groups is 3. The molecule has 3 N–H and O–H groups in total. The van der Waals surface area contributed by atoms with E-state index in [2.05, 4.69) is 33.2 Å². The standard InChI is InChI=1S/C26H32N4O5S3/c1-26(2)25(34)29-19(12-16-7-9-17(31)10-8-16)24(33)35-18(6-4-5-11-36)13-21(32)27-14-22-28-20(15-38-22)23(30-26)37-3/h4,6-10,15,18-19,31,36H,5,11-14H2,1-3H3,(H,27,32)(H,29,34)/b6-4+,30-23?/t18-,19+/m1/s1. The van der Waals surface area contributed by atoms with Gasteiger partial charge < -0.3 is 20.5 Å². The van der Waals surface area contributed by atoms with Crippen LogP contribution in [0.5, 0.6) is 5.75 Å². The number of rotatable bonds is 5. The number of nitrogens with one attached hydrogen (secondary N) is 2. The topological polar surface area (TPSA) is 130 Å². The Bertz CT molecular complexity index is 1190. The van der Waals surface area contributed by atoms with E-state index in [0.717, 1.165) is 0 Å². The summed E-state index contributed by atoms with van der Waals surface area (Å²) in [6.45, 7) is 3.56. The molecule has 9 nitrogen and oxygen atoms in total. The predicted octanol–water partition coefficient (Wildman–Crippen LogP) is 3.27. The highest BCUT2D eigenvalue weighted by molar-refractivity contribution is 8.13. The molecule has 3 rings (SSSR count). The third kappa shape index (κ3) is 8.60. The second-order valence-electron chi connectivity index (χ2n) is 9.10. The number of hydrogen-bond acceptors (Lipinski definition) is 10. The van der Waals surface area contributed by atoms with E-state index in [4.69, 9.17) is 4.74 Å². The zero-order valence-corrected chi connectivity index (χ0v) is 24.0. The summed E-state index contributed by atoms with van der Waals surface area (Å²) in [6.07, 6.45) is 5.15. The number of thiol groups is 1. The van der Waals surface area contributed by atoms with E-state index in [1.54, 1.807) is 38.1 Å². The van der Waals surface area contributed by atoms with Crippen molar-refractivity contribution >= 4 is 58.6 Å². The molecule has 2 heterocycles. The van der Waals surface area contributed by atoms with Crippen molar-refractivity contribution in [2.75, 3.05) is 12.0 Å². The fourth-order valence-corrected chi connectivity index (χ4v) is 5.11. The predicted molar refractivity (Wildman–Crippen MR) is 154 cm³/mol. The maximum absolute atomic E-state index is 13.4. The molecular formula is C26H32N4O5S3. The molecule has 1 aromatic heterocycles. The van der Waals surface area contributed by atoms with Gasteiger partial charge in [-0.1, -0.05) is 18.2 Å². The summed E-state index contributed by atoms with van der Waals surface area (Å²) in [5.74, 6) is -0.764. The average Bonchev–Trinajstić information content (AvgIpc) is 3.35. The van der Waals surface area contributed by atoms with E-state index in [9.17, 15) is 19.5 Å². The Morgan fingerprint density at radius 1 is 1.26 bits per heavy atom. The minimum Gasteiger partial charge on any atom is -0.508 e. The normalized spacial score (nSPS) is 20.9. The van der Waals surface area contributed by atoms with Crippen LogP contribution in [0.15, 0.2) is 46.8 Å². The van der Waals surface area contributed by atoms with Crippen molar-refractivity contribution in [2.24, 2.45) is 4.99 Å². The van der Waals surface area contributed by atoms with Crippen LogP contribution in [0.4, 0.5) is 0 Å². The van der Waals surface area contributed by atoms with Gasteiger partial charge in [-0.15, -0.1) is 23.1 Å². The minimum atomic E-state index is -1.22. The molecule has 0 radical (unpaired) electrons. The summed E-state index contributed by atoms with van der Waals surface area (Å²) < 4.78 is 5.74. The lowest BCUT2D eigenvalue weighted by Gasteiger charge is -2.26. The number of hydrogen-bond donors (Lipinski definition) is 4. The van der Waals surface area contributed by atoms with E-state index >= 15 is 0 Å². The molecular weight excluding hydrogens is 545 g/mol. The van der Waals surface area contributed by atoms with Gasteiger partial charge in [0, 0.05) is 11.8 Å². The quantitative estimate of drug-likeness (QED) is 0.244. The second-order valence-corrected chi connectivity index (χ2v) is 11.3. The van der Waals surface area contributed by atoms with E-state index in [1.165, 1.54) is 35.2 Å². The maximum atomic E-state index is 13.4. The molecule has 2 atom stereocenters. The van der Waals surface area contributed by atoms with E-state index in [-0.39, 0.29) is 31.0 Å². The van der Waals surface area contributed by atoms with E-state index < -0.39 is 29.6 Å². The first kappa shape index (κ1) is 29.7. The Kier molecular flexibility index (Phi) is 10.8. The van der Waals surface area contributed by atoms with Gasteiger partial charge in [-0.3, -0.25) is 14.6 Å². The Morgan fingerprint density at radius 3 is 2.68 bits per heavy atom. The summed E-state index contributed by atoms with van der Waals surface area (Å²) in [6, 6.07) is 5.29. The third-order valence-corrected chi connectivity index (χ3v) is 7.40. The van der Waals surface area contributed by atoms with Crippen molar-refractivity contribution in [3.8, 4) is 5.75 Å². The molecule has 204 valence electrons. The van der Waals surface area contributed by atoms with Crippen LogP contribution in [-0.4, -0.2) is 62.6 Å². The summed E-state index contributed by atoms with van der Waals surface area (Å²) in [5.41, 5.74) is 0.111. The summed E-state index contributed by atoms with van der Waals surface area (Å²) >= 11 is 6.94. The number of carbonyl (C=O) groups excluding carboxylic acids is 3. The number of ether oxygens (including phenoxy) is 1. The Labute approximate surface area is 236 Å². The van der Waals surface area contributed by atoms with Gasteiger partial charge >= 0.3 is 5.97 Å². The molecule has 2 amide bonds. The number of phenols is 1. The van der Waals surface area contributed by atoms with Gasteiger partial charge in [-0.2, -0.15) is 12.6 Å². The van der Waals surface area contributed by atoms with Crippen LogP contribution >= 0.6 is 35.7 Å². The molecule has 0 aliphatic carbocycles. The molecule has 0 unspecified atom stereocenters. The monoisotopic (exact) mass is 576 g/mol. The van der Waals surface area contributed by atoms with Crippen LogP contribution in [0.2, 0.25) is 0 Å². The van der Waals surface area contributed by atoms with E-state index in [0.29, 0.717) is 33.5 Å². The number of phenolic OH excluding ortho intramolecular Hbond substituents is 1. The van der Waals surface area contributed by atoms with Crippen molar-refractivity contribution in [1.29, 1.82) is 0 Å². The van der Waals surface area contributed by atoms with Gasteiger partial charge in [0.05, 0.1) is 13.0 Å². The maximum Gasteiger partial charge on any atom is 0.329 e. The first-order valence-electron chi connectivity index (χ1n) is 12.0. The number of aliphatic imine (C=N–C) groups is 1. The number of nitrogens with zero attached hydrogens (tertiary/aromatic N) is 2. The van der Waals surface area contributed by atoms with Gasteiger partial charge in [-0.25, -0.2) is 9.78 Å². The van der Waals surface area contributed by atoms with Crippen molar-refractivity contribution in [1.82, 2.24) is 15.6 Å². The number of amides is 2. The van der Waals surface area contributed by atoms with E-state index in [1.807, 2.05) is 11.6 Å². The molecule has 1 aromatic carbocycles. The van der Waals surface area contributed by atoms with Crippen molar-refractivity contribution < 1.29 is 24.2 Å².